The molecule has 0 unspecified atom stereocenters. The van der Waals surface area contributed by atoms with Crippen molar-refractivity contribution in [3.8, 4) is 6.07 Å². The molecular formula is C24H29N9O2S. The van der Waals surface area contributed by atoms with Gasteiger partial charge in [-0.3, -0.25) is 4.68 Å². The Balaban J connectivity index is 1.65. The summed E-state index contributed by atoms with van der Waals surface area (Å²) < 4.78 is 34.0. The van der Waals surface area contributed by atoms with Crippen molar-refractivity contribution in [1.82, 2.24) is 33.2 Å². The number of hydrogen-bond donors (Lipinski definition) is 0. The zero-order valence-electron chi connectivity index (χ0n) is 20.8. The Morgan fingerprint density at radius 3 is 2.33 bits per heavy atom. The standard InChI is InChI=1S/C24H29N9O2S/c1-19-21(12-28-31(19)4)14-33(36(34,35)24-16-29(2)18-27-24)10-9-32(15-23-13-26-17-30(23)3)22-7-5-20(11-25)6-8-22/h5-8,12-13,16-18H,9-10,14-15H2,1-4H3. The molecule has 0 N–H and O–H groups in total. The highest BCUT2D eigenvalue weighted by Gasteiger charge is 2.28. The van der Waals surface area contributed by atoms with Crippen molar-refractivity contribution in [2.45, 2.75) is 25.0 Å². The Morgan fingerprint density at radius 1 is 1.03 bits per heavy atom. The molecule has 0 aliphatic heterocycles. The highest BCUT2D eigenvalue weighted by Crippen LogP contribution is 2.22. The third kappa shape index (κ3) is 5.32. The number of benzene rings is 1. The molecule has 0 amide bonds. The highest BCUT2D eigenvalue weighted by molar-refractivity contribution is 7.89. The van der Waals surface area contributed by atoms with Gasteiger partial charge in [0, 0.05) is 70.1 Å². The Hall–Kier alpha value is -3.95. The zero-order chi connectivity index (χ0) is 25.9. The lowest BCUT2D eigenvalue weighted by Crippen LogP contribution is -2.38. The van der Waals surface area contributed by atoms with Crippen molar-refractivity contribution >= 4 is 15.7 Å². The van der Waals surface area contributed by atoms with E-state index in [-0.39, 0.29) is 18.1 Å². The number of aromatic nitrogens is 6. The molecule has 0 atom stereocenters. The van der Waals surface area contributed by atoms with E-state index in [1.807, 2.05) is 37.7 Å². The Bertz CT molecular complexity index is 1480. The Labute approximate surface area is 210 Å². The first-order chi connectivity index (χ1) is 17.2. The number of anilines is 1. The minimum absolute atomic E-state index is 0.00287. The molecule has 0 saturated carbocycles. The van der Waals surface area contributed by atoms with Crippen molar-refractivity contribution in [1.29, 1.82) is 5.26 Å². The molecule has 0 fully saturated rings. The average Bonchev–Trinajstić information content (AvgIpc) is 3.57. The molecule has 0 bridgehead atoms. The third-order valence-electron chi connectivity index (χ3n) is 6.22. The largest absolute Gasteiger partial charge is 0.364 e. The summed E-state index contributed by atoms with van der Waals surface area (Å²) >= 11 is 0. The normalized spacial score (nSPS) is 11.7. The van der Waals surface area contributed by atoms with E-state index < -0.39 is 10.0 Å². The SMILES string of the molecule is Cc1c(CN(CCN(Cc2cncn2C)c2ccc(C#N)cc2)S(=O)(=O)c2cn(C)cn2)cnn1C. The minimum atomic E-state index is -3.87. The number of imidazole rings is 2. The predicted octanol–water partition coefficient (Wildman–Crippen LogP) is 1.96. The van der Waals surface area contributed by atoms with Crippen LogP contribution in [0.25, 0.3) is 0 Å². The van der Waals surface area contributed by atoms with E-state index in [0.717, 1.165) is 22.6 Å². The zero-order valence-corrected chi connectivity index (χ0v) is 21.6. The van der Waals surface area contributed by atoms with E-state index in [0.29, 0.717) is 18.7 Å². The minimum Gasteiger partial charge on any atom is -0.364 e. The second-order valence-electron chi connectivity index (χ2n) is 8.67. The van der Waals surface area contributed by atoms with E-state index in [4.69, 9.17) is 0 Å². The summed E-state index contributed by atoms with van der Waals surface area (Å²) in [6.07, 6.45) is 8.20. The van der Waals surface area contributed by atoms with Crippen LogP contribution < -0.4 is 4.90 Å². The fourth-order valence-corrected chi connectivity index (χ4v) is 5.21. The van der Waals surface area contributed by atoms with Gasteiger partial charge in [-0.25, -0.2) is 18.4 Å². The molecule has 0 aliphatic rings. The van der Waals surface area contributed by atoms with E-state index >= 15 is 0 Å². The fourth-order valence-electron chi connectivity index (χ4n) is 3.84. The van der Waals surface area contributed by atoms with E-state index in [1.165, 1.54) is 16.8 Å². The summed E-state index contributed by atoms with van der Waals surface area (Å²) in [5.41, 5.74) is 4.14. The van der Waals surface area contributed by atoms with Gasteiger partial charge in [0.05, 0.1) is 42.7 Å². The molecule has 4 aromatic rings. The third-order valence-corrected chi connectivity index (χ3v) is 7.95. The van der Waals surface area contributed by atoms with E-state index in [2.05, 4.69) is 26.0 Å². The van der Waals surface area contributed by atoms with Gasteiger partial charge in [-0.15, -0.1) is 0 Å². The van der Waals surface area contributed by atoms with Crippen LogP contribution in [0, 0.1) is 18.3 Å². The second-order valence-corrected chi connectivity index (χ2v) is 10.6. The molecule has 11 nitrogen and oxygen atoms in total. The average molecular weight is 508 g/mol. The van der Waals surface area contributed by atoms with Gasteiger partial charge in [0.15, 0.2) is 5.03 Å². The first kappa shape index (κ1) is 25.2. The fraction of sp³-hybridized carbons (Fsp3) is 0.333. The summed E-state index contributed by atoms with van der Waals surface area (Å²) in [6.45, 7) is 3.23. The van der Waals surface area contributed by atoms with Crippen molar-refractivity contribution in [3.63, 3.8) is 0 Å². The summed E-state index contributed by atoms with van der Waals surface area (Å²) in [7, 11) is 1.62. The first-order valence-corrected chi connectivity index (χ1v) is 12.8. The molecule has 12 heteroatoms. The van der Waals surface area contributed by atoms with Crippen molar-refractivity contribution in [3.05, 3.63) is 78.0 Å². The molecule has 0 aliphatic carbocycles. The van der Waals surface area contributed by atoms with Gasteiger partial charge < -0.3 is 14.0 Å². The lowest BCUT2D eigenvalue weighted by Gasteiger charge is -2.29. The highest BCUT2D eigenvalue weighted by atomic mass is 32.2. The van der Waals surface area contributed by atoms with Gasteiger partial charge in [-0.05, 0) is 31.2 Å². The summed E-state index contributed by atoms with van der Waals surface area (Å²) in [5, 5.41) is 13.5. The smallest absolute Gasteiger partial charge is 0.262 e. The topological polar surface area (TPSA) is 118 Å². The van der Waals surface area contributed by atoms with Gasteiger partial charge >= 0.3 is 0 Å². The molecule has 3 heterocycles. The predicted molar refractivity (Wildman–Crippen MR) is 134 cm³/mol. The number of sulfonamides is 1. The molecule has 0 radical (unpaired) electrons. The van der Waals surface area contributed by atoms with Gasteiger partial charge in [0.2, 0.25) is 0 Å². The molecular weight excluding hydrogens is 478 g/mol. The van der Waals surface area contributed by atoms with Crippen molar-refractivity contribution in [2.75, 3.05) is 18.0 Å². The van der Waals surface area contributed by atoms with Gasteiger partial charge in [0.25, 0.3) is 10.0 Å². The maximum atomic E-state index is 13.6. The number of nitriles is 1. The molecule has 3 aromatic heterocycles. The van der Waals surface area contributed by atoms with Gasteiger partial charge in [-0.2, -0.15) is 14.7 Å². The molecule has 0 spiro atoms. The maximum Gasteiger partial charge on any atom is 0.262 e. The van der Waals surface area contributed by atoms with Crippen LogP contribution in [0.5, 0.6) is 0 Å². The van der Waals surface area contributed by atoms with Crippen LogP contribution in [0.4, 0.5) is 5.69 Å². The van der Waals surface area contributed by atoms with Crippen LogP contribution in [0.1, 0.15) is 22.5 Å². The molecule has 0 saturated heterocycles. The Kier molecular flexibility index (Phi) is 7.23. The second kappa shape index (κ2) is 10.3. The van der Waals surface area contributed by atoms with Gasteiger partial charge in [-0.1, -0.05) is 0 Å². The molecule has 4 rings (SSSR count). The van der Waals surface area contributed by atoms with Crippen LogP contribution in [0.15, 0.2) is 60.5 Å². The van der Waals surface area contributed by atoms with Gasteiger partial charge in [0.1, 0.15) is 0 Å². The van der Waals surface area contributed by atoms with Crippen LogP contribution in [0.2, 0.25) is 0 Å². The molecule has 188 valence electrons. The maximum absolute atomic E-state index is 13.6. The first-order valence-electron chi connectivity index (χ1n) is 11.3. The monoisotopic (exact) mass is 507 g/mol. The molecule has 1 aromatic carbocycles. The Morgan fingerprint density at radius 2 is 1.78 bits per heavy atom. The molecule has 36 heavy (non-hydrogen) atoms. The van der Waals surface area contributed by atoms with Crippen molar-refractivity contribution in [2.24, 2.45) is 21.1 Å². The van der Waals surface area contributed by atoms with Crippen LogP contribution in [0.3, 0.4) is 0 Å². The number of nitrogens with zero attached hydrogens (tertiary/aromatic N) is 9. The number of aryl methyl sites for hydroxylation is 3. The quantitative estimate of drug-likeness (QED) is 0.322. The van der Waals surface area contributed by atoms with E-state index in [9.17, 15) is 13.7 Å². The van der Waals surface area contributed by atoms with Crippen LogP contribution in [-0.4, -0.2) is 54.7 Å². The van der Waals surface area contributed by atoms with E-state index in [1.54, 1.807) is 47.2 Å². The van der Waals surface area contributed by atoms with Crippen LogP contribution >= 0.6 is 0 Å². The summed E-state index contributed by atoms with van der Waals surface area (Å²) in [6, 6.07) is 9.40. The number of hydrogen-bond acceptors (Lipinski definition) is 7. The van der Waals surface area contributed by atoms with Crippen LogP contribution in [-0.2, 0) is 44.3 Å². The van der Waals surface area contributed by atoms with Crippen molar-refractivity contribution < 1.29 is 8.42 Å². The summed E-state index contributed by atoms with van der Waals surface area (Å²) in [5.74, 6) is 0. The lowest BCUT2D eigenvalue weighted by atomic mass is 10.2. The lowest BCUT2D eigenvalue weighted by molar-refractivity contribution is 0.406. The summed E-state index contributed by atoms with van der Waals surface area (Å²) in [4.78, 5) is 10.4. The number of rotatable bonds is 10.